The van der Waals surface area contributed by atoms with Gasteiger partial charge in [0.05, 0.1) is 19.8 Å². The minimum atomic E-state index is 0.205. The number of ether oxygens (including phenoxy) is 1. The van der Waals surface area contributed by atoms with E-state index >= 15 is 0 Å². The van der Waals surface area contributed by atoms with Gasteiger partial charge < -0.3 is 25.4 Å². The molecule has 2 fully saturated rings. The first kappa shape index (κ1) is 15.3. The number of rotatable bonds is 4. The summed E-state index contributed by atoms with van der Waals surface area (Å²) in [5.41, 5.74) is 6.99. The average molecular weight is 308 g/mol. The zero-order valence-electron chi connectivity index (χ0n) is 12.8. The standard InChI is InChI=1S/C14H24N6O2/c15-12-13(19-3-1-18(2-4-19)5-8-21)16-11-17-14(12)20-6-9-22-10-7-20/h11,21H,1-10,15H2. The summed E-state index contributed by atoms with van der Waals surface area (Å²) >= 11 is 0. The lowest BCUT2D eigenvalue weighted by molar-refractivity contribution is 0.122. The normalized spacial score (nSPS) is 20.4. The van der Waals surface area contributed by atoms with Gasteiger partial charge in [0.15, 0.2) is 11.6 Å². The Kier molecular flexibility index (Phi) is 4.91. The fourth-order valence-electron chi connectivity index (χ4n) is 2.98. The zero-order valence-corrected chi connectivity index (χ0v) is 12.8. The van der Waals surface area contributed by atoms with Crippen molar-refractivity contribution in [3.63, 3.8) is 0 Å². The number of hydrogen-bond acceptors (Lipinski definition) is 8. The molecule has 0 aliphatic carbocycles. The largest absolute Gasteiger partial charge is 0.395 e. The third-order valence-corrected chi connectivity index (χ3v) is 4.24. The van der Waals surface area contributed by atoms with Crippen molar-refractivity contribution in [1.82, 2.24) is 14.9 Å². The maximum atomic E-state index is 9.01. The van der Waals surface area contributed by atoms with Gasteiger partial charge in [-0.1, -0.05) is 0 Å². The molecule has 2 saturated heterocycles. The summed E-state index contributed by atoms with van der Waals surface area (Å²) < 4.78 is 5.38. The predicted octanol–water partition coefficient (Wildman–Crippen LogP) is -0.990. The molecule has 122 valence electrons. The molecule has 0 amide bonds. The van der Waals surface area contributed by atoms with Gasteiger partial charge >= 0.3 is 0 Å². The van der Waals surface area contributed by atoms with Crippen LogP contribution < -0.4 is 15.5 Å². The van der Waals surface area contributed by atoms with Gasteiger partial charge in [-0.05, 0) is 0 Å². The van der Waals surface area contributed by atoms with Crippen LogP contribution in [0.1, 0.15) is 0 Å². The van der Waals surface area contributed by atoms with E-state index in [1.807, 2.05) is 0 Å². The van der Waals surface area contributed by atoms with Crippen LogP contribution in [0, 0.1) is 0 Å². The molecule has 0 aromatic carbocycles. The van der Waals surface area contributed by atoms with Crippen LogP contribution in [0.5, 0.6) is 0 Å². The average Bonchev–Trinajstić information content (AvgIpc) is 2.57. The lowest BCUT2D eigenvalue weighted by Gasteiger charge is -2.36. The molecule has 0 saturated carbocycles. The summed E-state index contributed by atoms with van der Waals surface area (Å²) in [6, 6.07) is 0. The maximum absolute atomic E-state index is 9.01. The van der Waals surface area contributed by atoms with Gasteiger partial charge in [-0.2, -0.15) is 0 Å². The van der Waals surface area contributed by atoms with Crippen LogP contribution in [0.25, 0.3) is 0 Å². The molecule has 3 N–H and O–H groups in total. The van der Waals surface area contributed by atoms with Gasteiger partial charge in [0.25, 0.3) is 0 Å². The van der Waals surface area contributed by atoms with E-state index in [9.17, 15) is 0 Å². The molecule has 8 nitrogen and oxygen atoms in total. The molecule has 2 aliphatic rings. The van der Waals surface area contributed by atoms with Crippen molar-refractivity contribution in [3.8, 4) is 0 Å². The third-order valence-electron chi connectivity index (χ3n) is 4.24. The van der Waals surface area contributed by atoms with Crippen LogP contribution in [0.2, 0.25) is 0 Å². The second-order valence-corrected chi connectivity index (χ2v) is 5.59. The minimum absolute atomic E-state index is 0.205. The number of aromatic nitrogens is 2. The van der Waals surface area contributed by atoms with Crippen molar-refractivity contribution in [2.75, 3.05) is 81.2 Å². The van der Waals surface area contributed by atoms with Gasteiger partial charge in [-0.15, -0.1) is 0 Å². The second-order valence-electron chi connectivity index (χ2n) is 5.59. The third kappa shape index (κ3) is 3.23. The molecule has 8 heteroatoms. The number of nitrogens with two attached hydrogens (primary N) is 1. The topological polar surface area (TPSA) is 91.0 Å². The summed E-state index contributed by atoms with van der Waals surface area (Å²) in [5, 5.41) is 9.01. The van der Waals surface area contributed by atoms with Crippen LogP contribution in [-0.4, -0.2) is 85.6 Å². The van der Waals surface area contributed by atoms with Crippen molar-refractivity contribution in [2.24, 2.45) is 0 Å². The highest BCUT2D eigenvalue weighted by molar-refractivity contribution is 5.75. The number of hydrogen-bond donors (Lipinski definition) is 2. The molecule has 0 bridgehead atoms. The van der Waals surface area contributed by atoms with Gasteiger partial charge in [0, 0.05) is 45.8 Å². The zero-order chi connectivity index (χ0) is 15.4. The van der Waals surface area contributed by atoms with E-state index in [1.165, 1.54) is 0 Å². The maximum Gasteiger partial charge on any atom is 0.157 e. The summed E-state index contributed by atoms with van der Waals surface area (Å²) in [6.45, 7) is 7.53. The first-order chi connectivity index (χ1) is 10.8. The Bertz CT molecular complexity index is 486. The van der Waals surface area contributed by atoms with Gasteiger partial charge in [0.1, 0.15) is 12.0 Å². The fraction of sp³-hybridized carbons (Fsp3) is 0.714. The van der Waals surface area contributed by atoms with Gasteiger partial charge in [-0.3, -0.25) is 4.90 Å². The number of nitrogen functional groups attached to an aromatic ring is 1. The van der Waals surface area contributed by atoms with E-state index in [4.69, 9.17) is 15.6 Å². The Morgan fingerprint density at radius 1 is 1.00 bits per heavy atom. The number of morpholine rings is 1. The Morgan fingerprint density at radius 2 is 1.59 bits per heavy atom. The Balaban J connectivity index is 1.72. The first-order valence-corrected chi connectivity index (χ1v) is 7.81. The molecular formula is C14H24N6O2. The molecule has 1 aromatic heterocycles. The molecule has 0 radical (unpaired) electrons. The highest BCUT2D eigenvalue weighted by Gasteiger charge is 2.23. The number of nitrogens with zero attached hydrogens (tertiary/aromatic N) is 5. The van der Waals surface area contributed by atoms with Crippen molar-refractivity contribution >= 4 is 17.3 Å². The van der Waals surface area contributed by atoms with E-state index in [-0.39, 0.29) is 6.61 Å². The van der Waals surface area contributed by atoms with Crippen LogP contribution in [0.15, 0.2) is 6.33 Å². The first-order valence-electron chi connectivity index (χ1n) is 7.81. The summed E-state index contributed by atoms with van der Waals surface area (Å²) in [6.07, 6.45) is 1.59. The van der Waals surface area contributed by atoms with E-state index in [0.29, 0.717) is 18.9 Å². The van der Waals surface area contributed by atoms with Crippen molar-refractivity contribution in [2.45, 2.75) is 0 Å². The number of aliphatic hydroxyl groups is 1. The molecule has 2 aliphatic heterocycles. The van der Waals surface area contributed by atoms with Gasteiger partial charge in [-0.25, -0.2) is 9.97 Å². The van der Waals surface area contributed by atoms with E-state index in [0.717, 1.165) is 57.4 Å². The van der Waals surface area contributed by atoms with Crippen LogP contribution >= 0.6 is 0 Å². The lowest BCUT2D eigenvalue weighted by Crippen LogP contribution is -2.47. The molecule has 0 atom stereocenters. The van der Waals surface area contributed by atoms with Crippen LogP contribution in [-0.2, 0) is 4.74 Å². The van der Waals surface area contributed by atoms with E-state index in [2.05, 4.69) is 24.7 Å². The number of aliphatic hydroxyl groups excluding tert-OH is 1. The SMILES string of the molecule is Nc1c(N2CCOCC2)ncnc1N1CCN(CCO)CC1. The highest BCUT2D eigenvalue weighted by Crippen LogP contribution is 2.29. The van der Waals surface area contributed by atoms with Crippen molar-refractivity contribution < 1.29 is 9.84 Å². The number of β-amino-alcohol motifs (C(OH)–C–C–N with tert-alkyl or cyclic N) is 1. The molecule has 3 rings (SSSR count). The number of piperazine rings is 1. The van der Waals surface area contributed by atoms with E-state index in [1.54, 1.807) is 6.33 Å². The quantitative estimate of drug-likeness (QED) is 0.733. The monoisotopic (exact) mass is 308 g/mol. The van der Waals surface area contributed by atoms with E-state index < -0.39 is 0 Å². The smallest absolute Gasteiger partial charge is 0.157 e. The minimum Gasteiger partial charge on any atom is -0.395 e. The van der Waals surface area contributed by atoms with Crippen LogP contribution in [0.4, 0.5) is 17.3 Å². The highest BCUT2D eigenvalue weighted by atomic mass is 16.5. The molecular weight excluding hydrogens is 284 g/mol. The van der Waals surface area contributed by atoms with Crippen molar-refractivity contribution in [1.29, 1.82) is 0 Å². The summed E-state index contributed by atoms with van der Waals surface area (Å²) in [7, 11) is 0. The molecule has 0 unspecified atom stereocenters. The summed E-state index contributed by atoms with van der Waals surface area (Å²) in [4.78, 5) is 15.4. The Hall–Kier alpha value is -1.64. The molecule has 3 heterocycles. The lowest BCUT2D eigenvalue weighted by atomic mass is 10.2. The predicted molar refractivity (Wildman–Crippen MR) is 85.2 cm³/mol. The Morgan fingerprint density at radius 3 is 2.18 bits per heavy atom. The van der Waals surface area contributed by atoms with Crippen molar-refractivity contribution in [3.05, 3.63) is 6.33 Å². The molecule has 1 aromatic rings. The number of anilines is 3. The second kappa shape index (κ2) is 7.08. The fourth-order valence-corrected chi connectivity index (χ4v) is 2.98. The molecule has 0 spiro atoms. The summed E-state index contributed by atoms with van der Waals surface area (Å²) in [5.74, 6) is 1.63. The van der Waals surface area contributed by atoms with Crippen LogP contribution in [0.3, 0.4) is 0 Å². The Labute approximate surface area is 130 Å². The van der Waals surface area contributed by atoms with Gasteiger partial charge in [0.2, 0.25) is 0 Å². The molecule has 22 heavy (non-hydrogen) atoms.